The summed E-state index contributed by atoms with van der Waals surface area (Å²) in [5.74, 6) is 0.510. The second kappa shape index (κ2) is 3.92. The maximum atomic E-state index is 3.67. The van der Waals surface area contributed by atoms with Crippen LogP contribution in [0.4, 0.5) is 0 Å². The van der Waals surface area contributed by atoms with Crippen LogP contribution in [0.3, 0.4) is 0 Å². The average Bonchev–Trinajstić information content (AvgIpc) is 3.05. The van der Waals surface area contributed by atoms with Crippen molar-refractivity contribution < 1.29 is 0 Å². The first kappa shape index (κ1) is 12.3. The highest BCUT2D eigenvalue weighted by atomic mass is 14.7. The fourth-order valence-electron chi connectivity index (χ4n) is 4.81. The van der Waals surface area contributed by atoms with Crippen molar-refractivity contribution in [1.29, 1.82) is 0 Å². The third-order valence-corrected chi connectivity index (χ3v) is 5.55. The summed E-state index contributed by atoms with van der Waals surface area (Å²) in [5, 5.41) is 1.39. The monoisotopic (exact) mass is 285 g/mol. The van der Waals surface area contributed by atoms with Gasteiger partial charge in [-0.3, -0.25) is 0 Å². The SMILES string of the molecule is CC1(C)c2c([nH]c3ccccc23)CC2=Cc3ccccc3C21. The van der Waals surface area contributed by atoms with Gasteiger partial charge in [-0.1, -0.05) is 68.0 Å². The van der Waals surface area contributed by atoms with Crippen molar-refractivity contribution in [2.24, 2.45) is 0 Å². The summed E-state index contributed by atoms with van der Waals surface area (Å²) in [4.78, 5) is 3.67. The molecular weight excluding hydrogens is 266 g/mol. The molecule has 1 N–H and O–H groups in total. The third-order valence-electron chi connectivity index (χ3n) is 5.55. The Kier molecular flexibility index (Phi) is 2.19. The molecule has 0 aliphatic heterocycles. The first-order valence-electron chi connectivity index (χ1n) is 8.06. The average molecular weight is 285 g/mol. The van der Waals surface area contributed by atoms with Gasteiger partial charge in [0.1, 0.15) is 0 Å². The Morgan fingerprint density at radius 1 is 1.00 bits per heavy atom. The van der Waals surface area contributed by atoms with E-state index in [-0.39, 0.29) is 5.41 Å². The Bertz CT molecular complexity index is 939. The molecule has 2 aliphatic carbocycles. The zero-order valence-corrected chi connectivity index (χ0v) is 13.0. The van der Waals surface area contributed by atoms with Crippen molar-refractivity contribution in [3.63, 3.8) is 0 Å². The van der Waals surface area contributed by atoms with Gasteiger partial charge < -0.3 is 4.98 Å². The standard InChI is InChI=1S/C21H19N/c1-21(2)19-14(11-13-7-3-4-8-15(13)19)12-18-20(21)16-9-5-6-10-17(16)22-18/h3-11,19,22H,12H2,1-2H3. The Labute approximate surface area is 130 Å². The minimum atomic E-state index is 0.117. The number of fused-ring (bicyclic) bond motifs is 6. The second-order valence-corrected chi connectivity index (χ2v) is 7.20. The molecule has 1 aromatic heterocycles. The summed E-state index contributed by atoms with van der Waals surface area (Å²) in [5.41, 5.74) is 8.78. The number of para-hydroxylation sites is 1. The van der Waals surface area contributed by atoms with Gasteiger partial charge in [0.2, 0.25) is 0 Å². The smallest absolute Gasteiger partial charge is 0.0459 e. The van der Waals surface area contributed by atoms with E-state index in [0.717, 1.165) is 6.42 Å². The van der Waals surface area contributed by atoms with E-state index < -0.39 is 0 Å². The molecule has 1 atom stereocenters. The fourth-order valence-corrected chi connectivity index (χ4v) is 4.81. The van der Waals surface area contributed by atoms with E-state index in [4.69, 9.17) is 0 Å². The molecule has 0 saturated heterocycles. The zero-order chi connectivity index (χ0) is 14.9. The van der Waals surface area contributed by atoms with Crippen molar-refractivity contribution in [3.05, 3.63) is 76.5 Å². The van der Waals surface area contributed by atoms with Crippen LogP contribution in [0, 0.1) is 0 Å². The Morgan fingerprint density at radius 2 is 1.77 bits per heavy atom. The van der Waals surface area contributed by atoms with Gasteiger partial charge in [0.25, 0.3) is 0 Å². The molecule has 0 spiro atoms. The van der Waals surface area contributed by atoms with Gasteiger partial charge in [0.05, 0.1) is 0 Å². The number of hydrogen-bond donors (Lipinski definition) is 1. The molecule has 0 radical (unpaired) electrons. The first-order valence-corrected chi connectivity index (χ1v) is 8.06. The molecule has 2 aliphatic rings. The van der Waals surface area contributed by atoms with Crippen LogP contribution in [0.15, 0.2) is 54.1 Å². The van der Waals surface area contributed by atoms with Crippen molar-refractivity contribution in [1.82, 2.24) is 4.98 Å². The molecule has 0 amide bonds. The quantitative estimate of drug-likeness (QED) is 0.585. The van der Waals surface area contributed by atoms with Gasteiger partial charge >= 0.3 is 0 Å². The van der Waals surface area contributed by atoms with Gasteiger partial charge in [-0.05, 0) is 22.8 Å². The van der Waals surface area contributed by atoms with E-state index in [1.807, 2.05) is 0 Å². The number of rotatable bonds is 0. The van der Waals surface area contributed by atoms with E-state index in [0.29, 0.717) is 5.92 Å². The Hall–Kier alpha value is -2.28. The molecule has 0 fully saturated rings. The van der Waals surface area contributed by atoms with Crippen molar-refractivity contribution in [3.8, 4) is 0 Å². The van der Waals surface area contributed by atoms with Gasteiger partial charge in [-0.2, -0.15) is 0 Å². The van der Waals surface area contributed by atoms with Crippen LogP contribution in [0.1, 0.15) is 42.1 Å². The van der Waals surface area contributed by atoms with Gasteiger partial charge in [0, 0.05) is 34.4 Å². The summed E-state index contributed by atoms with van der Waals surface area (Å²) >= 11 is 0. The number of nitrogens with one attached hydrogen (secondary N) is 1. The van der Waals surface area contributed by atoms with Crippen LogP contribution in [0.2, 0.25) is 0 Å². The minimum absolute atomic E-state index is 0.117. The van der Waals surface area contributed by atoms with E-state index in [9.17, 15) is 0 Å². The zero-order valence-electron chi connectivity index (χ0n) is 13.0. The highest BCUT2D eigenvalue weighted by molar-refractivity contribution is 5.88. The highest BCUT2D eigenvalue weighted by Gasteiger charge is 2.44. The third kappa shape index (κ3) is 1.39. The van der Waals surface area contributed by atoms with Crippen molar-refractivity contribution in [2.75, 3.05) is 0 Å². The molecule has 1 nitrogen and oxygen atoms in total. The maximum absolute atomic E-state index is 3.67. The molecule has 5 rings (SSSR count). The van der Waals surface area contributed by atoms with E-state index in [1.54, 1.807) is 5.57 Å². The lowest BCUT2D eigenvalue weighted by Gasteiger charge is -2.39. The minimum Gasteiger partial charge on any atom is -0.358 e. The summed E-state index contributed by atoms with van der Waals surface area (Å²) in [6.45, 7) is 4.82. The van der Waals surface area contributed by atoms with Crippen LogP contribution in [-0.4, -0.2) is 4.98 Å². The first-order chi connectivity index (χ1) is 10.7. The largest absolute Gasteiger partial charge is 0.358 e. The molecule has 22 heavy (non-hydrogen) atoms. The number of benzene rings is 2. The lowest BCUT2D eigenvalue weighted by molar-refractivity contribution is 0.436. The molecule has 108 valence electrons. The van der Waals surface area contributed by atoms with Crippen LogP contribution < -0.4 is 0 Å². The molecule has 2 aromatic carbocycles. The lowest BCUT2D eigenvalue weighted by atomic mass is 9.63. The molecule has 3 aromatic rings. The number of aromatic amines is 1. The van der Waals surface area contributed by atoms with Gasteiger partial charge in [0.15, 0.2) is 0 Å². The van der Waals surface area contributed by atoms with Crippen LogP contribution >= 0.6 is 0 Å². The van der Waals surface area contributed by atoms with Crippen LogP contribution in [0.5, 0.6) is 0 Å². The van der Waals surface area contributed by atoms with Crippen LogP contribution in [0.25, 0.3) is 17.0 Å². The molecule has 1 unspecified atom stereocenters. The molecule has 0 saturated carbocycles. The molecule has 1 heterocycles. The fraction of sp³-hybridized carbons (Fsp3) is 0.238. The summed E-state index contributed by atoms with van der Waals surface area (Å²) in [7, 11) is 0. The molecule has 1 heteroatoms. The molecular formula is C21H19N. The lowest BCUT2D eigenvalue weighted by Crippen LogP contribution is -2.32. The summed E-state index contributed by atoms with van der Waals surface area (Å²) < 4.78 is 0. The Morgan fingerprint density at radius 3 is 2.68 bits per heavy atom. The predicted octanol–water partition coefficient (Wildman–Crippen LogP) is 5.18. The predicted molar refractivity (Wildman–Crippen MR) is 92.2 cm³/mol. The number of allylic oxidation sites excluding steroid dienone is 1. The maximum Gasteiger partial charge on any atom is 0.0459 e. The topological polar surface area (TPSA) is 15.8 Å². The van der Waals surface area contributed by atoms with E-state index in [1.165, 1.54) is 33.3 Å². The normalized spacial score (nSPS) is 21.2. The van der Waals surface area contributed by atoms with Crippen molar-refractivity contribution >= 4 is 17.0 Å². The van der Waals surface area contributed by atoms with Gasteiger partial charge in [-0.15, -0.1) is 0 Å². The summed E-state index contributed by atoms with van der Waals surface area (Å²) in [6, 6.07) is 17.6. The summed E-state index contributed by atoms with van der Waals surface area (Å²) in [6.07, 6.45) is 3.46. The second-order valence-electron chi connectivity index (χ2n) is 7.20. The molecule has 0 bridgehead atoms. The van der Waals surface area contributed by atoms with E-state index in [2.05, 4.69) is 73.4 Å². The van der Waals surface area contributed by atoms with Crippen molar-refractivity contribution in [2.45, 2.75) is 31.6 Å². The number of H-pyrrole nitrogens is 1. The Balaban J connectivity index is 1.82. The van der Waals surface area contributed by atoms with Gasteiger partial charge in [-0.25, -0.2) is 0 Å². The number of hydrogen-bond acceptors (Lipinski definition) is 0. The van der Waals surface area contributed by atoms with Crippen LogP contribution in [-0.2, 0) is 11.8 Å². The highest BCUT2D eigenvalue weighted by Crippen LogP contribution is 2.55. The number of aromatic nitrogens is 1. The van der Waals surface area contributed by atoms with E-state index >= 15 is 0 Å².